The maximum atomic E-state index is 14.1. The molecule has 0 saturated heterocycles. The molecule has 1 amide bonds. The first kappa shape index (κ1) is 18.2. The van der Waals surface area contributed by atoms with Crippen LogP contribution < -0.4 is 4.90 Å². The molecule has 0 N–H and O–H groups in total. The minimum absolute atomic E-state index is 0.0299. The molecule has 0 aliphatic carbocycles. The minimum Gasteiger partial charge on any atom is -0.338 e. The van der Waals surface area contributed by atoms with E-state index in [2.05, 4.69) is 15.0 Å². The largest absolute Gasteiger partial charge is 0.338 e. The number of imidazole rings is 2. The number of aromatic nitrogens is 5. The van der Waals surface area contributed by atoms with Crippen LogP contribution in [0.5, 0.6) is 0 Å². The standard InChI is InChI=1S/C22H19FN6O/c1-22(2)15-5-4-14(8-19(15)29(21(22)30)20-11-27(3)12-26-20)17-10-28(13-25-17)18-6-7-24-9-16(18)23/h4-13H,1-3H3. The first-order valence-corrected chi connectivity index (χ1v) is 9.47. The quantitative estimate of drug-likeness (QED) is 0.523. The summed E-state index contributed by atoms with van der Waals surface area (Å²) in [4.78, 5) is 27.4. The Morgan fingerprint density at radius 2 is 1.87 bits per heavy atom. The number of halogens is 1. The average molecular weight is 402 g/mol. The molecule has 1 aliphatic rings. The Kier molecular flexibility index (Phi) is 3.86. The number of anilines is 2. The molecule has 0 unspecified atom stereocenters. The number of aryl methyl sites for hydroxylation is 1. The van der Waals surface area contributed by atoms with E-state index in [1.807, 2.05) is 49.9 Å². The van der Waals surface area contributed by atoms with Gasteiger partial charge in [-0.25, -0.2) is 14.4 Å². The lowest BCUT2D eigenvalue weighted by atomic mass is 9.86. The minimum atomic E-state index is -0.662. The Bertz CT molecular complexity index is 1290. The van der Waals surface area contributed by atoms with Gasteiger partial charge in [0.2, 0.25) is 5.91 Å². The van der Waals surface area contributed by atoms with Crippen LogP contribution in [0.25, 0.3) is 16.9 Å². The van der Waals surface area contributed by atoms with E-state index in [0.717, 1.165) is 16.8 Å². The van der Waals surface area contributed by atoms with E-state index in [4.69, 9.17) is 0 Å². The number of fused-ring (bicyclic) bond motifs is 1. The van der Waals surface area contributed by atoms with Crippen molar-refractivity contribution < 1.29 is 9.18 Å². The first-order valence-electron chi connectivity index (χ1n) is 9.47. The number of pyridine rings is 1. The van der Waals surface area contributed by atoms with Gasteiger partial charge in [0.15, 0.2) is 11.6 Å². The predicted molar refractivity (Wildman–Crippen MR) is 110 cm³/mol. The third-order valence-electron chi connectivity index (χ3n) is 5.48. The SMILES string of the molecule is Cn1cnc(N2C(=O)C(C)(C)c3ccc(-c4cn(-c5ccncc5F)cn4)cc32)c1. The predicted octanol–water partition coefficient (Wildman–Crippen LogP) is 3.76. The summed E-state index contributed by atoms with van der Waals surface area (Å²) in [5.74, 6) is 0.123. The number of amides is 1. The molecule has 7 nitrogen and oxygen atoms in total. The second-order valence-electron chi connectivity index (χ2n) is 7.89. The normalized spacial score (nSPS) is 14.9. The molecule has 5 rings (SSSR count). The van der Waals surface area contributed by atoms with Gasteiger partial charge in [0.25, 0.3) is 0 Å². The summed E-state index contributed by atoms with van der Waals surface area (Å²) >= 11 is 0. The average Bonchev–Trinajstić information content (AvgIpc) is 3.41. The maximum absolute atomic E-state index is 14.1. The molecule has 30 heavy (non-hydrogen) atoms. The van der Waals surface area contributed by atoms with Crippen LogP contribution >= 0.6 is 0 Å². The molecule has 150 valence electrons. The topological polar surface area (TPSA) is 68.8 Å². The van der Waals surface area contributed by atoms with Crippen molar-refractivity contribution in [2.75, 3.05) is 4.90 Å². The molecule has 0 radical (unpaired) electrons. The summed E-state index contributed by atoms with van der Waals surface area (Å²) in [6.45, 7) is 3.83. The second kappa shape index (κ2) is 6.35. The molecule has 8 heteroatoms. The van der Waals surface area contributed by atoms with E-state index < -0.39 is 11.2 Å². The van der Waals surface area contributed by atoms with Gasteiger partial charge in [-0.2, -0.15) is 0 Å². The fraction of sp³-hybridized carbons (Fsp3) is 0.182. The number of hydrogen-bond acceptors (Lipinski definition) is 4. The summed E-state index contributed by atoms with van der Waals surface area (Å²) < 4.78 is 17.5. The van der Waals surface area contributed by atoms with Crippen molar-refractivity contribution in [1.29, 1.82) is 0 Å². The van der Waals surface area contributed by atoms with Gasteiger partial charge in [-0.15, -0.1) is 0 Å². The summed E-state index contributed by atoms with van der Waals surface area (Å²) in [7, 11) is 1.87. The Labute approximate surface area is 172 Å². The highest BCUT2D eigenvalue weighted by molar-refractivity contribution is 6.12. The van der Waals surface area contributed by atoms with Crippen LogP contribution in [0, 0.1) is 5.82 Å². The Morgan fingerprint density at radius 3 is 2.60 bits per heavy atom. The highest BCUT2D eigenvalue weighted by Gasteiger charge is 2.45. The molecule has 0 bridgehead atoms. The first-order chi connectivity index (χ1) is 14.4. The van der Waals surface area contributed by atoms with Crippen molar-refractivity contribution in [2.24, 2.45) is 7.05 Å². The smallest absolute Gasteiger partial charge is 0.242 e. The Morgan fingerprint density at radius 1 is 1.03 bits per heavy atom. The lowest BCUT2D eigenvalue weighted by molar-refractivity contribution is -0.121. The van der Waals surface area contributed by atoms with E-state index in [0.29, 0.717) is 17.2 Å². The number of benzene rings is 1. The van der Waals surface area contributed by atoms with E-state index in [1.165, 1.54) is 12.4 Å². The molecule has 0 saturated carbocycles. The van der Waals surface area contributed by atoms with Crippen molar-refractivity contribution in [3.8, 4) is 16.9 Å². The van der Waals surface area contributed by atoms with Gasteiger partial charge in [-0.1, -0.05) is 12.1 Å². The number of carbonyl (C=O) groups is 1. The van der Waals surface area contributed by atoms with Crippen LogP contribution in [0.2, 0.25) is 0 Å². The molecule has 0 spiro atoms. The van der Waals surface area contributed by atoms with Crippen molar-refractivity contribution in [3.05, 3.63) is 73.1 Å². The van der Waals surface area contributed by atoms with Crippen molar-refractivity contribution in [2.45, 2.75) is 19.3 Å². The fourth-order valence-electron chi connectivity index (χ4n) is 3.83. The lowest BCUT2D eigenvalue weighted by Crippen LogP contribution is -2.33. The Hall–Kier alpha value is -3.81. The summed E-state index contributed by atoms with van der Waals surface area (Å²) in [5.41, 5.74) is 2.93. The molecule has 0 atom stereocenters. The molecule has 3 aromatic heterocycles. The van der Waals surface area contributed by atoms with Crippen LogP contribution in [0.1, 0.15) is 19.4 Å². The zero-order valence-electron chi connectivity index (χ0n) is 16.7. The number of nitrogens with zero attached hydrogens (tertiary/aromatic N) is 6. The lowest BCUT2D eigenvalue weighted by Gasteiger charge is -2.18. The molecule has 1 aliphatic heterocycles. The second-order valence-corrected chi connectivity index (χ2v) is 7.89. The molecular weight excluding hydrogens is 383 g/mol. The van der Waals surface area contributed by atoms with Crippen LogP contribution in [-0.2, 0) is 17.3 Å². The van der Waals surface area contributed by atoms with Gasteiger partial charge < -0.3 is 9.13 Å². The van der Waals surface area contributed by atoms with Crippen molar-refractivity contribution in [1.82, 2.24) is 24.1 Å². The van der Waals surface area contributed by atoms with Gasteiger partial charge in [0.1, 0.15) is 6.33 Å². The monoisotopic (exact) mass is 402 g/mol. The van der Waals surface area contributed by atoms with Gasteiger partial charge in [-0.05, 0) is 31.5 Å². The van der Waals surface area contributed by atoms with Crippen LogP contribution in [-0.4, -0.2) is 30.0 Å². The summed E-state index contributed by atoms with van der Waals surface area (Å²) in [5, 5.41) is 0. The zero-order chi connectivity index (χ0) is 21.0. The molecule has 1 aromatic carbocycles. The van der Waals surface area contributed by atoms with E-state index in [9.17, 15) is 9.18 Å². The Balaban J connectivity index is 1.60. The van der Waals surface area contributed by atoms with Crippen LogP contribution in [0.3, 0.4) is 0 Å². The van der Waals surface area contributed by atoms with E-state index in [1.54, 1.807) is 34.4 Å². The van der Waals surface area contributed by atoms with Crippen LogP contribution in [0.15, 0.2) is 61.7 Å². The van der Waals surface area contributed by atoms with Gasteiger partial charge >= 0.3 is 0 Å². The number of hydrogen-bond donors (Lipinski definition) is 0. The highest BCUT2D eigenvalue weighted by Crippen LogP contribution is 2.46. The van der Waals surface area contributed by atoms with Gasteiger partial charge in [0, 0.05) is 31.2 Å². The summed E-state index contributed by atoms with van der Waals surface area (Å²) in [6.07, 6.45) is 9.51. The van der Waals surface area contributed by atoms with Gasteiger partial charge in [0.05, 0.1) is 35.0 Å². The molecular formula is C22H19FN6O. The van der Waals surface area contributed by atoms with Crippen molar-refractivity contribution in [3.63, 3.8) is 0 Å². The molecule has 4 aromatic rings. The molecule has 4 heterocycles. The number of rotatable bonds is 3. The summed E-state index contributed by atoms with van der Waals surface area (Å²) in [6, 6.07) is 7.42. The van der Waals surface area contributed by atoms with E-state index in [-0.39, 0.29) is 5.91 Å². The third-order valence-corrected chi connectivity index (χ3v) is 5.48. The highest BCUT2D eigenvalue weighted by atomic mass is 19.1. The fourth-order valence-corrected chi connectivity index (χ4v) is 3.83. The maximum Gasteiger partial charge on any atom is 0.242 e. The zero-order valence-corrected chi connectivity index (χ0v) is 16.7. The number of carbonyl (C=O) groups excluding carboxylic acids is 1. The van der Waals surface area contributed by atoms with Crippen LogP contribution in [0.4, 0.5) is 15.9 Å². The third kappa shape index (κ3) is 2.64. The molecule has 0 fully saturated rings. The van der Waals surface area contributed by atoms with Crippen molar-refractivity contribution >= 4 is 17.4 Å². The van der Waals surface area contributed by atoms with Gasteiger partial charge in [-0.3, -0.25) is 14.7 Å². The van der Waals surface area contributed by atoms with E-state index >= 15 is 0 Å².